The molecule has 0 aromatic heterocycles. The lowest BCUT2D eigenvalue weighted by Gasteiger charge is -2.38. The van der Waals surface area contributed by atoms with Crippen LogP contribution >= 0.6 is 12.2 Å². The topological polar surface area (TPSA) is 69.3 Å². The Hall–Kier alpha value is -2.32. The largest absolute Gasteiger partial charge is 0.493 e. The summed E-state index contributed by atoms with van der Waals surface area (Å²) in [5, 5.41) is 3.91. The van der Waals surface area contributed by atoms with Crippen molar-refractivity contribution in [2.24, 2.45) is 0 Å². The van der Waals surface area contributed by atoms with Gasteiger partial charge in [-0.3, -0.25) is 0 Å². The summed E-state index contributed by atoms with van der Waals surface area (Å²) in [4.78, 5) is 15.0. The quantitative estimate of drug-likeness (QED) is 0.401. The van der Waals surface area contributed by atoms with Crippen molar-refractivity contribution in [2.45, 2.75) is 31.8 Å². The van der Waals surface area contributed by atoms with Crippen molar-refractivity contribution >= 4 is 23.3 Å². The standard InChI is InChI=1S/C20H26N2O5S/c1-12-16(19(23)27-11-10-24-2)17(21-20(28)22(12)13-8-9-13)14-6-5-7-15(25-3)18(14)26-4/h5-7,13,17H,8-11H2,1-4H3,(H,21,28). The van der Waals surface area contributed by atoms with E-state index < -0.39 is 12.0 Å². The van der Waals surface area contributed by atoms with Crippen LogP contribution in [0.5, 0.6) is 11.5 Å². The molecule has 1 saturated carbocycles. The first-order valence-corrected chi connectivity index (χ1v) is 9.61. The molecule has 1 aliphatic heterocycles. The van der Waals surface area contributed by atoms with Gasteiger partial charge in [0.15, 0.2) is 16.6 Å². The van der Waals surface area contributed by atoms with Crippen molar-refractivity contribution in [3.05, 3.63) is 35.0 Å². The summed E-state index contributed by atoms with van der Waals surface area (Å²) in [5.41, 5.74) is 2.09. The van der Waals surface area contributed by atoms with Gasteiger partial charge in [0.25, 0.3) is 0 Å². The Kier molecular flexibility index (Phi) is 6.41. The number of thiocarbonyl (C=S) groups is 1. The Balaban J connectivity index is 2.05. The molecule has 1 atom stereocenters. The van der Waals surface area contributed by atoms with Crippen LogP contribution in [-0.2, 0) is 14.3 Å². The number of nitrogens with one attached hydrogen (secondary N) is 1. The molecular formula is C20H26N2O5S. The van der Waals surface area contributed by atoms with Crippen LogP contribution in [0.15, 0.2) is 29.5 Å². The van der Waals surface area contributed by atoms with Crippen molar-refractivity contribution in [3.8, 4) is 11.5 Å². The molecule has 1 unspecified atom stereocenters. The first-order chi connectivity index (χ1) is 13.5. The highest BCUT2D eigenvalue weighted by molar-refractivity contribution is 7.80. The second-order valence-electron chi connectivity index (χ2n) is 6.69. The minimum absolute atomic E-state index is 0.182. The van der Waals surface area contributed by atoms with E-state index in [0.29, 0.717) is 34.8 Å². The van der Waals surface area contributed by atoms with Crippen molar-refractivity contribution in [3.63, 3.8) is 0 Å². The second-order valence-corrected chi connectivity index (χ2v) is 7.08. The first kappa shape index (κ1) is 20.4. The highest BCUT2D eigenvalue weighted by atomic mass is 32.1. The molecule has 7 nitrogen and oxygen atoms in total. The van der Waals surface area contributed by atoms with Crippen LogP contribution in [0.3, 0.4) is 0 Å². The van der Waals surface area contributed by atoms with Crippen molar-refractivity contribution in [2.75, 3.05) is 34.5 Å². The maximum atomic E-state index is 13.0. The monoisotopic (exact) mass is 406 g/mol. The summed E-state index contributed by atoms with van der Waals surface area (Å²) in [6.07, 6.45) is 2.11. The number of para-hydroxylation sites is 1. The number of allylic oxidation sites excluding steroid dienone is 1. The lowest BCUT2D eigenvalue weighted by atomic mass is 9.94. The molecule has 1 aromatic carbocycles. The normalized spacial score (nSPS) is 19.4. The Bertz CT molecular complexity index is 791. The van der Waals surface area contributed by atoms with E-state index in [1.807, 2.05) is 30.0 Å². The van der Waals surface area contributed by atoms with Crippen LogP contribution in [-0.4, -0.2) is 56.6 Å². The molecule has 0 saturated heterocycles. The number of hydrogen-bond donors (Lipinski definition) is 1. The zero-order chi connectivity index (χ0) is 20.3. The van der Waals surface area contributed by atoms with Gasteiger partial charge in [0.2, 0.25) is 0 Å². The van der Waals surface area contributed by atoms with Crippen LogP contribution in [0, 0.1) is 0 Å². The van der Waals surface area contributed by atoms with E-state index in [4.69, 9.17) is 31.2 Å². The molecule has 0 spiro atoms. The van der Waals surface area contributed by atoms with Gasteiger partial charge in [-0.25, -0.2) is 4.79 Å². The Morgan fingerprint density at radius 2 is 1.96 bits per heavy atom. The summed E-state index contributed by atoms with van der Waals surface area (Å²) in [5.74, 6) is 0.743. The molecule has 8 heteroatoms. The molecule has 152 valence electrons. The zero-order valence-electron chi connectivity index (χ0n) is 16.6. The van der Waals surface area contributed by atoms with Gasteiger partial charge < -0.3 is 29.2 Å². The van der Waals surface area contributed by atoms with Crippen molar-refractivity contribution in [1.82, 2.24) is 10.2 Å². The molecule has 28 heavy (non-hydrogen) atoms. The molecule has 1 heterocycles. The number of benzene rings is 1. The molecule has 3 rings (SSSR count). The molecule has 0 amide bonds. The summed E-state index contributed by atoms with van der Waals surface area (Å²) in [6.45, 7) is 2.43. The van der Waals surface area contributed by atoms with E-state index >= 15 is 0 Å². The molecule has 0 bridgehead atoms. The molecule has 1 aliphatic carbocycles. The maximum absolute atomic E-state index is 13.0. The summed E-state index contributed by atoms with van der Waals surface area (Å²) in [6, 6.07) is 5.40. The molecule has 2 aliphatic rings. The third-order valence-corrected chi connectivity index (χ3v) is 5.24. The number of nitrogens with zero attached hydrogens (tertiary/aromatic N) is 1. The van der Waals surface area contributed by atoms with Gasteiger partial charge in [0.1, 0.15) is 6.61 Å². The summed E-state index contributed by atoms with van der Waals surface area (Å²) in [7, 11) is 4.72. The van der Waals surface area contributed by atoms with Crippen LogP contribution in [0.2, 0.25) is 0 Å². The number of methoxy groups -OCH3 is 3. The van der Waals surface area contributed by atoms with E-state index in [9.17, 15) is 4.79 Å². The molecular weight excluding hydrogens is 380 g/mol. The van der Waals surface area contributed by atoms with Crippen molar-refractivity contribution in [1.29, 1.82) is 0 Å². The number of carbonyl (C=O) groups is 1. The minimum atomic E-state index is -0.498. The summed E-state index contributed by atoms with van der Waals surface area (Å²) >= 11 is 5.62. The average molecular weight is 407 g/mol. The van der Waals surface area contributed by atoms with Gasteiger partial charge in [-0.15, -0.1) is 0 Å². The highest BCUT2D eigenvalue weighted by Gasteiger charge is 2.41. The fourth-order valence-electron chi connectivity index (χ4n) is 3.46. The van der Waals surface area contributed by atoms with Gasteiger partial charge in [-0.05, 0) is 38.0 Å². The Labute approximate surface area is 170 Å². The third-order valence-electron chi connectivity index (χ3n) is 4.92. The van der Waals surface area contributed by atoms with Crippen molar-refractivity contribution < 1.29 is 23.7 Å². The Morgan fingerprint density at radius 3 is 2.57 bits per heavy atom. The predicted octanol–water partition coefficient (Wildman–Crippen LogP) is 2.56. The number of ether oxygens (including phenoxy) is 4. The van der Waals surface area contributed by atoms with Gasteiger partial charge >= 0.3 is 5.97 Å². The second kappa shape index (κ2) is 8.79. The van der Waals surface area contributed by atoms with E-state index in [1.165, 1.54) is 0 Å². The van der Waals surface area contributed by atoms with Crippen LogP contribution in [0.4, 0.5) is 0 Å². The molecule has 1 aromatic rings. The van der Waals surface area contributed by atoms with Crippen LogP contribution < -0.4 is 14.8 Å². The van der Waals surface area contributed by atoms with Gasteiger partial charge in [0.05, 0.1) is 32.4 Å². The smallest absolute Gasteiger partial charge is 0.338 e. The number of esters is 1. The van der Waals surface area contributed by atoms with Crippen LogP contribution in [0.25, 0.3) is 0 Å². The lowest BCUT2D eigenvalue weighted by molar-refractivity contribution is -0.140. The minimum Gasteiger partial charge on any atom is -0.493 e. The lowest BCUT2D eigenvalue weighted by Crippen LogP contribution is -2.48. The zero-order valence-corrected chi connectivity index (χ0v) is 17.4. The predicted molar refractivity (Wildman–Crippen MR) is 108 cm³/mol. The maximum Gasteiger partial charge on any atom is 0.338 e. The van der Waals surface area contributed by atoms with Crippen LogP contribution in [0.1, 0.15) is 31.4 Å². The molecule has 1 fully saturated rings. The van der Waals surface area contributed by atoms with E-state index in [2.05, 4.69) is 5.32 Å². The Morgan fingerprint density at radius 1 is 1.21 bits per heavy atom. The average Bonchev–Trinajstić information content (AvgIpc) is 3.51. The third kappa shape index (κ3) is 3.93. The van der Waals surface area contributed by atoms with Gasteiger partial charge in [-0.2, -0.15) is 0 Å². The van der Waals surface area contributed by atoms with Gasteiger partial charge in [0, 0.05) is 24.4 Å². The van der Waals surface area contributed by atoms with E-state index in [1.54, 1.807) is 21.3 Å². The fraction of sp³-hybridized carbons (Fsp3) is 0.500. The number of hydrogen-bond acceptors (Lipinski definition) is 6. The fourth-order valence-corrected chi connectivity index (χ4v) is 3.87. The number of carbonyl (C=O) groups excluding carboxylic acids is 1. The molecule has 0 radical (unpaired) electrons. The van der Waals surface area contributed by atoms with E-state index in [0.717, 1.165) is 24.1 Å². The highest BCUT2D eigenvalue weighted by Crippen LogP contribution is 2.42. The SMILES string of the molecule is COCCOC(=O)C1=C(C)N(C2CC2)C(=S)NC1c1cccc(OC)c1OC. The molecule has 1 N–H and O–H groups in total. The first-order valence-electron chi connectivity index (χ1n) is 9.20. The number of rotatable bonds is 8. The van der Waals surface area contributed by atoms with E-state index in [-0.39, 0.29) is 6.61 Å². The summed E-state index contributed by atoms with van der Waals surface area (Å²) < 4.78 is 21.5. The van der Waals surface area contributed by atoms with Gasteiger partial charge in [-0.1, -0.05) is 12.1 Å².